The number of nitrogens with zero attached hydrogens (tertiary/aromatic N) is 1. The first kappa shape index (κ1) is 12.2. The van der Waals surface area contributed by atoms with Crippen LogP contribution in [0.25, 0.3) is 11.1 Å². The lowest BCUT2D eigenvalue weighted by molar-refractivity contribution is -0.182. The molecular formula is C14H15NO4. The van der Waals surface area contributed by atoms with Gasteiger partial charge in [0.05, 0.1) is 20.3 Å². The molecule has 1 fully saturated rings. The number of oxazole rings is 1. The van der Waals surface area contributed by atoms with Crippen LogP contribution >= 0.6 is 0 Å². The number of hydrogen-bond donors (Lipinski definition) is 0. The van der Waals surface area contributed by atoms with Gasteiger partial charge in [0.15, 0.2) is 11.5 Å². The summed E-state index contributed by atoms with van der Waals surface area (Å²) in [5.41, 5.74) is 2.07. The van der Waals surface area contributed by atoms with Crippen molar-refractivity contribution in [1.82, 2.24) is 4.98 Å². The summed E-state index contributed by atoms with van der Waals surface area (Å²) in [4.78, 5) is 16.2. The molecule has 2 heterocycles. The molecule has 1 aliphatic rings. The molecule has 3 rings (SSSR count). The van der Waals surface area contributed by atoms with Crippen LogP contribution in [0.1, 0.15) is 11.5 Å². The number of fused-ring (bicyclic) bond motifs is 1. The van der Waals surface area contributed by atoms with E-state index in [-0.39, 0.29) is 5.97 Å². The zero-order valence-electron chi connectivity index (χ0n) is 10.9. The largest absolute Gasteiger partial charge is 0.468 e. The van der Waals surface area contributed by atoms with E-state index in [1.54, 1.807) is 0 Å². The summed E-state index contributed by atoms with van der Waals surface area (Å²) in [5, 5.41) is 0. The van der Waals surface area contributed by atoms with Gasteiger partial charge in [-0.1, -0.05) is 6.07 Å². The van der Waals surface area contributed by atoms with Crippen molar-refractivity contribution in [3.63, 3.8) is 0 Å². The average Bonchev–Trinajstić information content (AvgIpc) is 2.72. The number of ether oxygens (including phenoxy) is 2. The highest BCUT2D eigenvalue weighted by molar-refractivity contribution is 5.79. The number of aryl methyl sites for hydroxylation is 1. The Morgan fingerprint density at radius 2 is 2.26 bits per heavy atom. The third-order valence-electron chi connectivity index (χ3n) is 3.48. The summed E-state index contributed by atoms with van der Waals surface area (Å²) in [6, 6.07) is 5.79. The maximum atomic E-state index is 11.9. The normalized spacial score (nSPS) is 17.2. The molecule has 0 unspecified atom stereocenters. The van der Waals surface area contributed by atoms with Crippen molar-refractivity contribution in [3.8, 4) is 0 Å². The molecule has 0 amide bonds. The molecule has 2 aromatic rings. The first-order chi connectivity index (χ1) is 9.13. The molecule has 0 aliphatic carbocycles. The van der Waals surface area contributed by atoms with Gasteiger partial charge in [-0.05, 0) is 24.1 Å². The molecule has 0 spiro atoms. The van der Waals surface area contributed by atoms with E-state index in [4.69, 9.17) is 13.9 Å². The highest BCUT2D eigenvalue weighted by atomic mass is 16.5. The fourth-order valence-electron chi connectivity index (χ4n) is 2.45. The zero-order valence-corrected chi connectivity index (χ0v) is 10.9. The Balaban J connectivity index is 1.89. The minimum atomic E-state index is -0.540. The molecule has 5 nitrogen and oxygen atoms in total. The SMILES string of the molecule is COC(=O)C1(Cc2ccc3oc(C)nc3c2)COC1. The van der Waals surface area contributed by atoms with Crippen molar-refractivity contribution in [2.75, 3.05) is 20.3 Å². The predicted molar refractivity (Wildman–Crippen MR) is 67.7 cm³/mol. The van der Waals surface area contributed by atoms with Gasteiger partial charge < -0.3 is 13.9 Å². The first-order valence-corrected chi connectivity index (χ1v) is 6.15. The van der Waals surface area contributed by atoms with Gasteiger partial charge >= 0.3 is 5.97 Å². The lowest BCUT2D eigenvalue weighted by Crippen LogP contribution is -2.51. The van der Waals surface area contributed by atoms with Crippen molar-refractivity contribution in [2.45, 2.75) is 13.3 Å². The van der Waals surface area contributed by atoms with Crippen LogP contribution in [-0.2, 0) is 20.7 Å². The van der Waals surface area contributed by atoms with Gasteiger partial charge in [0.25, 0.3) is 0 Å². The molecule has 1 aromatic carbocycles. The quantitative estimate of drug-likeness (QED) is 0.789. The van der Waals surface area contributed by atoms with E-state index in [2.05, 4.69) is 4.98 Å². The monoisotopic (exact) mass is 261 g/mol. The average molecular weight is 261 g/mol. The fourth-order valence-corrected chi connectivity index (χ4v) is 2.45. The van der Waals surface area contributed by atoms with Crippen molar-refractivity contribution in [2.24, 2.45) is 5.41 Å². The van der Waals surface area contributed by atoms with Crippen LogP contribution in [0.3, 0.4) is 0 Å². The lowest BCUT2D eigenvalue weighted by atomic mass is 9.80. The number of aromatic nitrogens is 1. The number of rotatable bonds is 3. The van der Waals surface area contributed by atoms with Crippen molar-refractivity contribution >= 4 is 17.1 Å². The predicted octanol–water partition coefficient (Wildman–Crippen LogP) is 1.87. The Kier molecular flexibility index (Phi) is 2.78. The molecule has 5 heteroatoms. The van der Waals surface area contributed by atoms with Gasteiger partial charge in [0.2, 0.25) is 0 Å². The van der Waals surface area contributed by atoms with Crippen LogP contribution < -0.4 is 0 Å². The number of methoxy groups -OCH3 is 1. The van der Waals surface area contributed by atoms with Gasteiger partial charge in [-0.25, -0.2) is 4.98 Å². The second-order valence-electron chi connectivity index (χ2n) is 4.98. The molecule has 1 aliphatic heterocycles. The van der Waals surface area contributed by atoms with Crippen molar-refractivity contribution in [1.29, 1.82) is 0 Å². The standard InChI is InChI=1S/C14H15NO4/c1-9-15-11-5-10(3-4-12(11)19-9)6-14(7-18-8-14)13(16)17-2/h3-5H,6-8H2,1-2H3. The topological polar surface area (TPSA) is 61.6 Å². The number of carbonyl (C=O) groups is 1. The highest BCUT2D eigenvalue weighted by Crippen LogP contribution is 2.33. The van der Waals surface area contributed by atoms with Crippen molar-refractivity contribution in [3.05, 3.63) is 29.7 Å². The molecule has 0 radical (unpaired) electrons. The molecule has 19 heavy (non-hydrogen) atoms. The van der Waals surface area contributed by atoms with Crippen molar-refractivity contribution < 1.29 is 18.7 Å². The Morgan fingerprint density at radius 1 is 1.47 bits per heavy atom. The maximum absolute atomic E-state index is 11.9. The van der Waals surface area contributed by atoms with Crippen LogP contribution in [0.15, 0.2) is 22.6 Å². The van der Waals surface area contributed by atoms with Gasteiger partial charge in [-0.2, -0.15) is 0 Å². The van der Waals surface area contributed by atoms with Gasteiger partial charge in [0, 0.05) is 6.92 Å². The molecule has 0 atom stereocenters. The van der Waals surface area contributed by atoms with E-state index in [0.717, 1.165) is 16.7 Å². The molecule has 0 saturated carbocycles. The molecular weight excluding hydrogens is 246 g/mol. The summed E-state index contributed by atoms with van der Waals surface area (Å²) in [6.45, 7) is 2.64. The summed E-state index contributed by atoms with van der Waals surface area (Å²) in [6.07, 6.45) is 0.599. The molecule has 0 bridgehead atoms. The third kappa shape index (κ3) is 2.00. The van der Waals surface area contributed by atoms with Crippen LogP contribution in [0.2, 0.25) is 0 Å². The smallest absolute Gasteiger partial charge is 0.316 e. The zero-order chi connectivity index (χ0) is 13.5. The van der Waals surface area contributed by atoms with Crippen LogP contribution in [-0.4, -0.2) is 31.3 Å². The number of benzene rings is 1. The molecule has 1 aromatic heterocycles. The number of esters is 1. The summed E-state index contributed by atoms with van der Waals surface area (Å²) in [5.74, 6) is 0.428. The first-order valence-electron chi connectivity index (χ1n) is 6.15. The highest BCUT2D eigenvalue weighted by Gasteiger charge is 2.47. The Morgan fingerprint density at radius 3 is 2.89 bits per heavy atom. The third-order valence-corrected chi connectivity index (χ3v) is 3.48. The van der Waals surface area contributed by atoms with E-state index >= 15 is 0 Å². The lowest BCUT2D eigenvalue weighted by Gasteiger charge is -2.38. The van der Waals surface area contributed by atoms with Crippen LogP contribution in [0.5, 0.6) is 0 Å². The minimum Gasteiger partial charge on any atom is -0.468 e. The van der Waals surface area contributed by atoms with Gasteiger partial charge in [-0.3, -0.25) is 4.79 Å². The van der Waals surface area contributed by atoms with Gasteiger partial charge in [-0.15, -0.1) is 0 Å². The molecule has 1 saturated heterocycles. The number of carbonyl (C=O) groups excluding carboxylic acids is 1. The van der Waals surface area contributed by atoms with E-state index < -0.39 is 5.41 Å². The summed E-state index contributed by atoms with van der Waals surface area (Å²) >= 11 is 0. The second-order valence-corrected chi connectivity index (χ2v) is 4.98. The van der Waals surface area contributed by atoms with Crippen LogP contribution in [0, 0.1) is 12.3 Å². The minimum absolute atomic E-state index is 0.213. The van der Waals surface area contributed by atoms with E-state index in [9.17, 15) is 4.79 Å². The van der Waals surface area contributed by atoms with Crippen LogP contribution in [0.4, 0.5) is 0 Å². The molecule has 100 valence electrons. The maximum Gasteiger partial charge on any atom is 0.316 e. The number of hydrogen-bond acceptors (Lipinski definition) is 5. The fraction of sp³-hybridized carbons (Fsp3) is 0.429. The molecule has 0 N–H and O–H groups in total. The van der Waals surface area contributed by atoms with Gasteiger partial charge in [0.1, 0.15) is 10.9 Å². The Labute approximate surface area is 110 Å². The summed E-state index contributed by atoms with van der Waals surface area (Å²) < 4.78 is 15.5. The Bertz CT molecular complexity index is 627. The van der Waals surface area contributed by atoms with E-state index in [1.807, 2.05) is 25.1 Å². The second kappa shape index (κ2) is 4.35. The summed E-state index contributed by atoms with van der Waals surface area (Å²) in [7, 11) is 1.41. The Hall–Kier alpha value is -1.88. The van der Waals surface area contributed by atoms with E-state index in [1.165, 1.54) is 7.11 Å². The van der Waals surface area contributed by atoms with E-state index in [0.29, 0.717) is 25.5 Å².